The average molecular weight is 564 g/mol. The number of rotatable bonds is 5. The lowest BCUT2D eigenvalue weighted by Gasteiger charge is -2.50. The van der Waals surface area contributed by atoms with Crippen LogP contribution in [-0.4, -0.2) is 118 Å². The molecular weight excluding hydrogens is 518 g/mol. The highest BCUT2D eigenvalue weighted by Crippen LogP contribution is 2.34. The zero-order valence-corrected chi connectivity index (χ0v) is 25.2. The van der Waals surface area contributed by atoms with Gasteiger partial charge >= 0.3 is 6.03 Å². The zero-order valence-electron chi connectivity index (χ0n) is 25.2. The minimum Gasteiger partial charge on any atom is -0.343 e. The Morgan fingerprint density at radius 1 is 0.976 bits per heavy atom. The van der Waals surface area contributed by atoms with Crippen molar-refractivity contribution in [1.29, 1.82) is 5.26 Å². The molecule has 5 heterocycles. The first kappa shape index (κ1) is 29.3. The number of aromatic nitrogens is 1. The van der Waals surface area contributed by atoms with Crippen molar-refractivity contribution in [2.75, 3.05) is 58.9 Å². The van der Waals surface area contributed by atoms with Crippen molar-refractivity contribution in [2.45, 2.75) is 77.8 Å². The third-order valence-electron chi connectivity index (χ3n) is 10.2. The number of pyridine rings is 1. The van der Waals surface area contributed by atoms with Gasteiger partial charge < -0.3 is 19.6 Å². The largest absolute Gasteiger partial charge is 0.343 e. The predicted molar refractivity (Wildman–Crippen MR) is 155 cm³/mol. The third-order valence-corrected chi connectivity index (χ3v) is 10.2. The van der Waals surface area contributed by atoms with Crippen LogP contribution in [0.2, 0.25) is 0 Å². The van der Waals surface area contributed by atoms with Gasteiger partial charge in [-0.2, -0.15) is 5.26 Å². The number of nitrogens with zero attached hydrogens (tertiary/aromatic N) is 7. The van der Waals surface area contributed by atoms with Gasteiger partial charge in [-0.1, -0.05) is 0 Å². The van der Waals surface area contributed by atoms with Crippen LogP contribution in [0.1, 0.15) is 79.7 Å². The summed E-state index contributed by atoms with van der Waals surface area (Å²) in [6, 6.07) is 4.26. The van der Waals surface area contributed by atoms with E-state index in [1.54, 1.807) is 13.0 Å². The maximum absolute atomic E-state index is 13.4. The molecule has 0 saturated carbocycles. The van der Waals surface area contributed by atoms with Crippen LogP contribution in [0.25, 0.3) is 0 Å². The van der Waals surface area contributed by atoms with E-state index in [9.17, 15) is 19.6 Å². The normalized spacial score (nSPS) is 22.8. The van der Waals surface area contributed by atoms with E-state index in [4.69, 9.17) is 0 Å². The van der Waals surface area contributed by atoms with Gasteiger partial charge in [-0.3, -0.25) is 14.5 Å². The summed E-state index contributed by atoms with van der Waals surface area (Å²) in [4.78, 5) is 53.2. The van der Waals surface area contributed by atoms with E-state index < -0.39 is 0 Å². The molecule has 4 aliphatic rings. The molecule has 0 atom stereocenters. The van der Waals surface area contributed by atoms with Crippen LogP contribution >= 0.6 is 0 Å². The summed E-state index contributed by atoms with van der Waals surface area (Å²) in [5, 5.41) is 9.19. The minimum absolute atomic E-state index is 0.0132. The van der Waals surface area contributed by atoms with Crippen molar-refractivity contribution in [3.63, 3.8) is 0 Å². The number of urea groups is 1. The lowest BCUT2D eigenvalue weighted by Crippen LogP contribution is -2.58. The summed E-state index contributed by atoms with van der Waals surface area (Å²) in [6.45, 7) is 15.1. The molecule has 1 aromatic rings. The Morgan fingerprint density at radius 3 is 2.22 bits per heavy atom. The molecule has 0 N–H and O–H groups in total. The van der Waals surface area contributed by atoms with Gasteiger partial charge in [0.2, 0.25) is 5.91 Å². The molecule has 0 spiro atoms. The summed E-state index contributed by atoms with van der Waals surface area (Å²) in [6.07, 6.45) is 5.78. The molecule has 0 unspecified atom stereocenters. The second kappa shape index (κ2) is 12.0. The molecule has 4 saturated heterocycles. The monoisotopic (exact) mass is 563 g/mol. The molecule has 0 bridgehead atoms. The number of carbonyl (C=O) groups excluding carboxylic acids is 3. The van der Waals surface area contributed by atoms with Crippen molar-refractivity contribution >= 4 is 17.8 Å². The fourth-order valence-corrected chi connectivity index (χ4v) is 7.45. The van der Waals surface area contributed by atoms with Gasteiger partial charge in [0.25, 0.3) is 5.91 Å². The summed E-state index contributed by atoms with van der Waals surface area (Å²) >= 11 is 0. The SMILES string of the molecule is CC(=O)N1CCC(CN2CCN(C3CCN(C4(C)CCN(C(=O)c5c(C)cc(C#N)nc5C)CC4)CC3)C2=O)CC1. The molecule has 0 aromatic carbocycles. The van der Waals surface area contributed by atoms with Crippen molar-refractivity contribution in [3.8, 4) is 6.07 Å². The molecule has 10 nitrogen and oxygen atoms in total. The first-order valence-electron chi connectivity index (χ1n) is 15.3. The highest BCUT2D eigenvalue weighted by molar-refractivity contribution is 5.96. The first-order valence-corrected chi connectivity index (χ1v) is 15.3. The molecule has 4 aliphatic heterocycles. The second-order valence-electron chi connectivity index (χ2n) is 12.8. The summed E-state index contributed by atoms with van der Waals surface area (Å²) in [7, 11) is 0. The van der Waals surface area contributed by atoms with Gasteiger partial charge in [-0.05, 0) is 76.8 Å². The minimum atomic E-state index is 0.0132. The summed E-state index contributed by atoms with van der Waals surface area (Å²) < 4.78 is 0. The lowest BCUT2D eigenvalue weighted by atomic mass is 9.85. The number of piperidine rings is 3. The number of nitriles is 1. The molecule has 0 aliphatic carbocycles. The van der Waals surface area contributed by atoms with Crippen LogP contribution in [0, 0.1) is 31.1 Å². The highest BCUT2D eigenvalue weighted by atomic mass is 16.2. The standard InChI is InChI=1S/C31H45N7O3/c1-22-19-26(20-32)33-23(2)28(22)29(40)35-15-9-31(4,10-16-35)37-13-7-27(8-14-37)38-18-17-36(30(38)41)21-25-5-11-34(12-6-25)24(3)39/h19,25,27H,5-18,21H2,1-4H3. The highest BCUT2D eigenvalue weighted by Gasteiger charge is 2.42. The Labute approximate surface area is 244 Å². The molecular formula is C31H45N7O3. The van der Waals surface area contributed by atoms with E-state index in [2.05, 4.69) is 27.8 Å². The molecule has 4 amide bonds. The lowest BCUT2D eigenvalue weighted by molar-refractivity contribution is -0.130. The Balaban J connectivity index is 1.09. The van der Waals surface area contributed by atoms with Gasteiger partial charge in [-0.25, -0.2) is 9.78 Å². The zero-order chi connectivity index (χ0) is 29.3. The van der Waals surface area contributed by atoms with Crippen LogP contribution in [-0.2, 0) is 4.79 Å². The van der Waals surface area contributed by atoms with Gasteiger partial charge in [0.1, 0.15) is 11.8 Å². The van der Waals surface area contributed by atoms with E-state index in [0.29, 0.717) is 42.0 Å². The van der Waals surface area contributed by atoms with E-state index >= 15 is 0 Å². The van der Waals surface area contributed by atoms with Crippen LogP contribution in [0.5, 0.6) is 0 Å². The number of aryl methyl sites for hydroxylation is 2. The van der Waals surface area contributed by atoms with Gasteiger partial charge in [0.15, 0.2) is 0 Å². The number of amides is 4. The average Bonchev–Trinajstić information content (AvgIpc) is 3.32. The Kier molecular flexibility index (Phi) is 8.55. The molecule has 5 rings (SSSR count). The summed E-state index contributed by atoms with van der Waals surface area (Å²) in [5.74, 6) is 0.645. The van der Waals surface area contributed by atoms with Crippen LogP contribution < -0.4 is 0 Å². The van der Waals surface area contributed by atoms with Crippen LogP contribution in [0.3, 0.4) is 0 Å². The number of carbonyl (C=O) groups is 3. The quantitative estimate of drug-likeness (QED) is 0.546. The third kappa shape index (κ3) is 6.06. The maximum Gasteiger partial charge on any atom is 0.320 e. The Bertz CT molecular complexity index is 1180. The van der Waals surface area contributed by atoms with Crippen molar-refractivity contribution in [1.82, 2.24) is 29.5 Å². The molecule has 1 aromatic heterocycles. The van der Waals surface area contributed by atoms with Gasteiger partial charge in [-0.15, -0.1) is 0 Å². The Hall–Kier alpha value is -3.19. The molecule has 10 heteroatoms. The van der Waals surface area contributed by atoms with Gasteiger partial charge in [0, 0.05) is 77.4 Å². The van der Waals surface area contributed by atoms with E-state index in [0.717, 1.165) is 89.9 Å². The summed E-state index contributed by atoms with van der Waals surface area (Å²) in [5.41, 5.74) is 2.45. The van der Waals surface area contributed by atoms with Gasteiger partial charge in [0.05, 0.1) is 11.3 Å². The van der Waals surface area contributed by atoms with Crippen molar-refractivity contribution in [3.05, 3.63) is 28.6 Å². The fourth-order valence-electron chi connectivity index (χ4n) is 7.45. The van der Waals surface area contributed by atoms with Crippen LogP contribution in [0.4, 0.5) is 4.79 Å². The topological polar surface area (TPSA) is 104 Å². The number of hydrogen-bond acceptors (Lipinski definition) is 6. The van der Waals surface area contributed by atoms with Crippen molar-refractivity contribution in [2.24, 2.45) is 5.92 Å². The molecule has 222 valence electrons. The molecule has 41 heavy (non-hydrogen) atoms. The Morgan fingerprint density at radius 2 is 1.63 bits per heavy atom. The maximum atomic E-state index is 13.4. The number of hydrogen-bond donors (Lipinski definition) is 0. The second-order valence-corrected chi connectivity index (χ2v) is 12.8. The fraction of sp³-hybridized carbons (Fsp3) is 0.710. The first-order chi connectivity index (χ1) is 19.6. The predicted octanol–water partition coefficient (Wildman–Crippen LogP) is 3.03. The molecule has 0 radical (unpaired) electrons. The molecule has 4 fully saturated rings. The van der Waals surface area contributed by atoms with E-state index in [-0.39, 0.29) is 23.4 Å². The van der Waals surface area contributed by atoms with Crippen molar-refractivity contribution < 1.29 is 14.4 Å². The smallest absolute Gasteiger partial charge is 0.320 e. The number of likely N-dealkylation sites (tertiary alicyclic amines) is 3. The van der Waals surface area contributed by atoms with Crippen LogP contribution in [0.15, 0.2) is 6.07 Å². The van der Waals surface area contributed by atoms with E-state index in [1.165, 1.54) is 0 Å². The van der Waals surface area contributed by atoms with E-state index in [1.807, 2.05) is 28.5 Å².